The summed E-state index contributed by atoms with van der Waals surface area (Å²) in [6, 6.07) is 24.7. The van der Waals surface area contributed by atoms with Gasteiger partial charge in [0.2, 0.25) is 0 Å². The summed E-state index contributed by atoms with van der Waals surface area (Å²) in [6.45, 7) is 0. The minimum Gasteiger partial charge on any atom is -0.256 e. The molecule has 1 heteroatoms. The molecule has 0 aliphatic carbocycles. The molecular weight excluding hydrogens is 242 g/mol. The lowest BCUT2D eigenvalue weighted by molar-refractivity contribution is 1.58. The van der Waals surface area contributed by atoms with Gasteiger partial charge in [-0.25, -0.2) is 0 Å². The summed E-state index contributed by atoms with van der Waals surface area (Å²) in [4.78, 5) is 4.54. The zero-order chi connectivity index (χ0) is 13.6. The second-order valence-corrected chi connectivity index (χ2v) is 4.55. The van der Waals surface area contributed by atoms with Gasteiger partial charge in [-0.15, -0.1) is 0 Å². The number of hydrogen-bond donors (Lipinski definition) is 0. The van der Waals surface area contributed by atoms with Crippen LogP contribution in [0.5, 0.6) is 0 Å². The van der Waals surface area contributed by atoms with Gasteiger partial charge in [-0.05, 0) is 23.1 Å². The molecule has 0 spiro atoms. The van der Waals surface area contributed by atoms with Crippen LogP contribution < -0.4 is 0 Å². The van der Waals surface area contributed by atoms with Crippen molar-refractivity contribution in [3.05, 3.63) is 84.4 Å². The maximum atomic E-state index is 4.54. The number of aliphatic imine (C=N–C) groups is 1. The van der Waals surface area contributed by atoms with Crippen molar-refractivity contribution < 1.29 is 0 Å². The van der Waals surface area contributed by atoms with E-state index in [0.29, 0.717) is 0 Å². The molecule has 1 nitrogen and oxygen atoms in total. The third kappa shape index (κ3) is 2.83. The van der Waals surface area contributed by atoms with Gasteiger partial charge in [-0.3, -0.25) is 4.99 Å². The Morgan fingerprint density at radius 3 is 2.35 bits per heavy atom. The Bertz CT molecular complexity index is 750. The fourth-order valence-electron chi connectivity index (χ4n) is 2.16. The molecule has 3 aromatic rings. The highest BCUT2D eigenvalue weighted by Gasteiger charge is 1.96. The van der Waals surface area contributed by atoms with Crippen molar-refractivity contribution in [2.24, 2.45) is 4.99 Å². The molecule has 0 saturated heterocycles. The highest BCUT2D eigenvalue weighted by Crippen LogP contribution is 2.25. The molecule has 0 heterocycles. The van der Waals surface area contributed by atoms with Gasteiger partial charge in [0.25, 0.3) is 0 Å². The third-order valence-corrected chi connectivity index (χ3v) is 3.15. The van der Waals surface area contributed by atoms with E-state index in [-0.39, 0.29) is 0 Å². The predicted molar refractivity (Wildman–Crippen MR) is 87.6 cm³/mol. The minimum atomic E-state index is 1.00. The first-order valence-electron chi connectivity index (χ1n) is 6.67. The average molecular weight is 257 g/mol. The Balaban J connectivity index is 1.83. The van der Waals surface area contributed by atoms with E-state index in [2.05, 4.69) is 41.4 Å². The topological polar surface area (TPSA) is 12.4 Å². The van der Waals surface area contributed by atoms with Gasteiger partial charge in [0.1, 0.15) is 0 Å². The van der Waals surface area contributed by atoms with Gasteiger partial charge in [0.15, 0.2) is 0 Å². The van der Waals surface area contributed by atoms with Crippen molar-refractivity contribution in [1.29, 1.82) is 0 Å². The highest BCUT2D eigenvalue weighted by molar-refractivity contribution is 5.94. The Morgan fingerprint density at radius 1 is 0.700 bits per heavy atom. The first kappa shape index (κ1) is 12.4. The lowest BCUT2D eigenvalue weighted by Gasteiger charge is -2.00. The molecular formula is C19H15N. The monoisotopic (exact) mass is 257 g/mol. The molecule has 0 N–H and O–H groups in total. The number of hydrogen-bond acceptors (Lipinski definition) is 1. The van der Waals surface area contributed by atoms with Crippen LogP contribution in [0.1, 0.15) is 5.56 Å². The second-order valence-electron chi connectivity index (χ2n) is 4.55. The van der Waals surface area contributed by atoms with Crippen molar-refractivity contribution in [3.63, 3.8) is 0 Å². The Morgan fingerprint density at radius 2 is 1.45 bits per heavy atom. The van der Waals surface area contributed by atoms with Crippen molar-refractivity contribution in [2.45, 2.75) is 0 Å². The van der Waals surface area contributed by atoms with E-state index in [9.17, 15) is 0 Å². The van der Waals surface area contributed by atoms with E-state index in [1.165, 1.54) is 16.3 Å². The van der Waals surface area contributed by atoms with Crippen LogP contribution in [0.15, 0.2) is 83.9 Å². The Kier molecular flexibility index (Phi) is 3.70. The summed E-state index contributed by atoms with van der Waals surface area (Å²) in [6.07, 6.45) is 5.86. The molecule has 0 bridgehead atoms. The van der Waals surface area contributed by atoms with Gasteiger partial charge in [-0.1, -0.05) is 72.8 Å². The molecule has 3 aromatic carbocycles. The number of nitrogens with zero attached hydrogens (tertiary/aromatic N) is 1. The van der Waals surface area contributed by atoms with Crippen LogP contribution in [0, 0.1) is 0 Å². The summed E-state index contributed by atoms with van der Waals surface area (Å²) in [5.41, 5.74) is 2.18. The molecule has 0 saturated carbocycles. The summed E-state index contributed by atoms with van der Waals surface area (Å²) in [5, 5.41) is 2.40. The molecule has 0 aromatic heterocycles. The van der Waals surface area contributed by atoms with Gasteiger partial charge < -0.3 is 0 Å². The largest absolute Gasteiger partial charge is 0.256 e. The molecule has 0 aliphatic rings. The molecule has 0 fully saturated rings. The van der Waals surface area contributed by atoms with Gasteiger partial charge in [0.05, 0.1) is 5.69 Å². The summed E-state index contributed by atoms with van der Waals surface area (Å²) in [5.74, 6) is 0. The standard InChI is InChI=1S/C19H15N/c1-2-8-16(9-3-1)10-7-15-20-19-14-6-12-17-11-4-5-13-18(17)19/h1-15H. The zero-order valence-electron chi connectivity index (χ0n) is 11.1. The third-order valence-electron chi connectivity index (χ3n) is 3.15. The predicted octanol–water partition coefficient (Wildman–Crippen LogP) is 5.26. The maximum Gasteiger partial charge on any atom is 0.0707 e. The van der Waals surface area contributed by atoms with Crippen molar-refractivity contribution in [1.82, 2.24) is 0 Å². The summed E-state index contributed by atoms with van der Waals surface area (Å²) >= 11 is 0. The fraction of sp³-hybridized carbons (Fsp3) is 0. The highest BCUT2D eigenvalue weighted by atomic mass is 14.7. The number of allylic oxidation sites excluding steroid dienone is 1. The molecule has 0 aliphatic heterocycles. The first-order valence-corrected chi connectivity index (χ1v) is 6.67. The SMILES string of the molecule is C(=Cc1ccccc1)C=Nc1cccc2ccccc12. The van der Waals surface area contributed by atoms with Crippen LogP contribution in [-0.2, 0) is 0 Å². The maximum absolute atomic E-state index is 4.54. The molecule has 3 rings (SSSR count). The Labute approximate surface area is 118 Å². The number of rotatable bonds is 3. The van der Waals surface area contributed by atoms with Crippen molar-refractivity contribution >= 4 is 28.8 Å². The van der Waals surface area contributed by atoms with Crippen LogP contribution in [0.3, 0.4) is 0 Å². The van der Waals surface area contributed by atoms with E-state index in [0.717, 1.165) is 5.69 Å². The van der Waals surface area contributed by atoms with E-state index in [1.54, 1.807) is 0 Å². The molecule has 0 atom stereocenters. The lowest BCUT2D eigenvalue weighted by Crippen LogP contribution is -1.74. The van der Waals surface area contributed by atoms with Crippen molar-refractivity contribution in [2.75, 3.05) is 0 Å². The molecule has 0 amide bonds. The van der Waals surface area contributed by atoms with Crippen LogP contribution in [-0.4, -0.2) is 6.21 Å². The van der Waals surface area contributed by atoms with Crippen LogP contribution in [0.2, 0.25) is 0 Å². The van der Waals surface area contributed by atoms with Gasteiger partial charge >= 0.3 is 0 Å². The molecule has 20 heavy (non-hydrogen) atoms. The van der Waals surface area contributed by atoms with Crippen LogP contribution in [0.4, 0.5) is 5.69 Å². The van der Waals surface area contributed by atoms with E-state index < -0.39 is 0 Å². The van der Waals surface area contributed by atoms with Gasteiger partial charge in [0, 0.05) is 11.6 Å². The summed E-state index contributed by atoms with van der Waals surface area (Å²) in [7, 11) is 0. The minimum absolute atomic E-state index is 1.00. The normalized spacial score (nSPS) is 11.6. The van der Waals surface area contributed by atoms with E-state index in [4.69, 9.17) is 0 Å². The molecule has 96 valence electrons. The number of fused-ring (bicyclic) bond motifs is 1. The Hall–Kier alpha value is -2.67. The zero-order valence-corrected chi connectivity index (χ0v) is 11.1. The average Bonchev–Trinajstić information content (AvgIpc) is 2.53. The van der Waals surface area contributed by atoms with Crippen LogP contribution in [0.25, 0.3) is 16.8 Å². The number of benzene rings is 3. The molecule has 0 unspecified atom stereocenters. The first-order chi connectivity index (χ1) is 9.93. The molecule has 0 radical (unpaired) electrons. The van der Waals surface area contributed by atoms with E-state index in [1.807, 2.05) is 54.8 Å². The smallest absolute Gasteiger partial charge is 0.0707 e. The fourth-order valence-corrected chi connectivity index (χ4v) is 2.16. The lowest BCUT2D eigenvalue weighted by atomic mass is 10.1. The van der Waals surface area contributed by atoms with Gasteiger partial charge in [-0.2, -0.15) is 0 Å². The van der Waals surface area contributed by atoms with Crippen molar-refractivity contribution in [3.8, 4) is 0 Å². The second kappa shape index (κ2) is 5.98. The van der Waals surface area contributed by atoms with E-state index >= 15 is 0 Å². The summed E-state index contributed by atoms with van der Waals surface area (Å²) < 4.78 is 0. The van der Waals surface area contributed by atoms with Crippen LogP contribution >= 0.6 is 0 Å². The quantitative estimate of drug-likeness (QED) is 0.568.